The first-order valence-electron chi connectivity index (χ1n) is 18.4. The molecule has 0 saturated carbocycles. The number of unbranched alkanes of at least 4 members (excludes halogenated alkanes) is 3. The number of hydrogen-bond donors (Lipinski definition) is 0. The van der Waals surface area contributed by atoms with Crippen LogP contribution in [0, 0.1) is 11.8 Å². The molecule has 0 radical (unpaired) electrons. The molecule has 4 aromatic carbocycles. The van der Waals surface area contributed by atoms with Crippen molar-refractivity contribution < 1.29 is 52.4 Å². The highest BCUT2D eigenvalue weighted by molar-refractivity contribution is 6.06. The average Bonchev–Trinajstić information content (AvgIpc) is 3.70. The minimum Gasteiger partial charge on any atom is -0.494 e. The molecule has 55 heavy (non-hydrogen) atoms. The Kier molecular flexibility index (Phi) is 11.7. The van der Waals surface area contributed by atoms with E-state index in [1.54, 1.807) is 36.4 Å². The summed E-state index contributed by atoms with van der Waals surface area (Å²) < 4.78 is 33.1. The Hall–Kier alpha value is -6.23. The zero-order valence-electron chi connectivity index (χ0n) is 30.1. The first kappa shape index (κ1) is 37.1. The predicted molar refractivity (Wildman–Crippen MR) is 199 cm³/mol. The molecule has 0 amide bonds. The van der Waals surface area contributed by atoms with Crippen LogP contribution in [0.2, 0.25) is 0 Å². The van der Waals surface area contributed by atoms with Crippen molar-refractivity contribution >= 4 is 35.7 Å². The van der Waals surface area contributed by atoms with Crippen molar-refractivity contribution in [1.82, 2.24) is 0 Å². The third kappa shape index (κ3) is 9.12. The highest BCUT2D eigenvalue weighted by Crippen LogP contribution is 2.51. The van der Waals surface area contributed by atoms with Gasteiger partial charge in [0.15, 0.2) is 5.78 Å². The van der Waals surface area contributed by atoms with Gasteiger partial charge in [0.25, 0.3) is 0 Å². The van der Waals surface area contributed by atoms with E-state index in [0.717, 1.165) is 42.6 Å². The topological polar surface area (TPSA) is 141 Å². The van der Waals surface area contributed by atoms with Gasteiger partial charge in [0.05, 0.1) is 37.4 Å². The van der Waals surface area contributed by atoms with E-state index in [1.807, 2.05) is 72.8 Å². The number of rotatable bonds is 17. The molecular formula is C44H40O11. The average molecular weight is 745 g/mol. The lowest BCUT2D eigenvalue weighted by atomic mass is 9.67. The van der Waals surface area contributed by atoms with Gasteiger partial charge in [-0.25, -0.2) is 0 Å². The Labute approximate surface area is 318 Å². The standard InChI is InChI=1S/C44H40O11/c45-39(29-8-4-3-5-9-29)21-12-28-10-13-31(14-11-28)52-27-53-32-17-15-30(16-18-32)50-22-6-1-2-7-23-51-33-19-20-34-35(37-26-40(46)54-42(37)47)25-38-41(36(34)24-33)44(49)55-43(38)48/h3-5,8-21,24,35,37-38,41H,1-2,6-7,22-23,25-27H2. The van der Waals surface area contributed by atoms with E-state index < -0.39 is 47.5 Å². The summed E-state index contributed by atoms with van der Waals surface area (Å²) in [5.41, 5.74) is 2.88. The van der Waals surface area contributed by atoms with Crippen LogP contribution in [0.4, 0.5) is 0 Å². The fourth-order valence-corrected chi connectivity index (χ4v) is 7.23. The molecule has 11 heteroatoms. The smallest absolute Gasteiger partial charge is 0.321 e. The van der Waals surface area contributed by atoms with E-state index >= 15 is 0 Å². The summed E-state index contributed by atoms with van der Waals surface area (Å²) in [6, 6.07) is 29.2. The molecule has 2 fully saturated rings. The first-order chi connectivity index (χ1) is 26.8. The number of benzene rings is 4. The lowest BCUT2D eigenvalue weighted by molar-refractivity contribution is -0.155. The minimum absolute atomic E-state index is 0.0384. The maximum absolute atomic E-state index is 12.6. The SMILES string of the molecule is O=C1CC(C2CC3C(=O)OC(=O)C3c3cc(OCCCCCCOc4ccc(OCOc5ccc(C=CC(=O)c6ccccc6)cc5)cc4)ccc32)C(=O)O1. The number of carbonyl (C=O) groups is 5. The van der Waals surface area contributed by atoms with E-state index in [0.29, 0.717) is 41.6 Å². The largest absolute Gasteiger partial charge is 0.494 e. The molecular weight excluding hydrogens is 704 g/mol. The molecule has 0 N–H and O–H groups in total. The summed E-state index contributed by atoms with van der Waals surface area (Å²) in [4.78, 5) is 61.6. The van der Waals surface area contributed by atoms with Crippen LogP contribution in [0.1, 0.15) is 77.4 Å². The van der Waals surface area contributed by atoms with Crippen LogP contribution in [-0.4, -0.2) is 49.7 Å². The van der Waals surface area contributed by atoms with Crippen LogP contribution in [0.5, 0.6) is 23.0 Å². The van der Waals surface area contributed by atoms with Gasteiger partial charge in [0.2, 0.25) is 6.79 Å². The van der Waals surface area contributed by atoms with E-state index in [4.69, 9.17) is 28.4 Å². The number of ether oxygens (including phenoxy) is 6. The van der Waals surface area contributed by atoms with Gasteiger partial charge >= 0.3 is 23.9 Å². The Balaban J connectivity index is 0.783. The lowest BCUT2D eigenvalue weighted by Gasteiger charge is -2.33. The van der Waals surface area contributed by atoms with E-state index in [1.165, 1.54) is 0 Å². The highest BCUT2D eigenvalue weighted by Gasteiger charge is 2.53. The number of esters is 4. The zero-order chi connectivity index (χ0) is 38.1. The van der Waals surface area contributed by atoms with Crippen molar-refractivity contribution in [3.05, 3.63) is 125 Å². The Morgan fingerprint density at radius 3 is 1.85 bits per heavy atom. The Morgan fingerprint density at radius 1 is 0.600 bits per heavy atom. The normalized spacial score (nSPS) is 20.1. The summed E-state index contributed by atoms with van der Waals surface area (Å²) in [6.45, 7) is 1.07. The van der Waals surface area contributed by atoms with Crippen molar-refractivity contribution in [3.63, 3.8) is 0 Å². The molecule has 4 unspecified atom stereocenters. The predicted octanol–water partition coefficient (Wildman–Crippen LogP) is 7.38. The molecule has 0 spiro atoms. The molecule has 11 nitrogen and oxygen atoms in total. The molecule has 2 aliphatic heterocycles. The number of hydrogen-bond acceptors (Lipinski definition) is 11. The second-order valence-corrected chi connectivity index (χ2v) is 13.7. The van der Waals surface area contributed by atoms with Gasteiger partial charge in [-0.2, -0.15) is 0 Å². The molecule has 2 heterocycles. The van der Waals surface area contributed by atoms with Crippen LogP contribution in [-0.2, 0) is 28.7 Å². The van der Waals surface area contributed by atoms with Gasteiger partial charge in [-0.3, -0.25) is 24.0 Å². The second kappa shape index (κ2) is 17.3. The summed E-state index contributed by atoms with van der Waals surface area (Å²) in [6.07, 6.45) is 7.08. The molecule has 0 bridgehead atoms. The number of ketones is 1. The molecule has 4 atom stereocenters. The minimum atomic E-state index is -0.752. The van der Waals surface area contributed by atoms with Crippen molar-refractivity contribution in [2.75, 3.05) is 20.0 Å². The maximum Gasteiger partial charge on any atom is 0.321 e. The van der Waals surface area contributed by atoms with Gasteiger partial charge in [-0.15, -0.1) is 0 Å². The monoisotopic (exact) mass is 744 g/mol. The van der Waals surface area contributed by atoms with E-state index in [2.05, 4.69) is 0 Å². The molecule has 0 aromatic heterocycles. The molecule has 282 valence electrons. The Morgan fingerprint density at radius 2 is 1.20 bits per heavy atom. The van der Waals surface area contributed by atoms with Gasteiger partial charge in [-0.1, -0.05) is 54.6 Å². The number of carbonyl (C=O) groups excluding carboxylic acids is 5. The fourth-order valence-electron chi connectivity index (χ4n) is 7.23. The van der Waals surface area contributed by atoms with Crippen LogP contribution in [0.15, 0.2) is 103 Å². The lowest BCUT2D eigenvalue weighted by Crippen LogP contribution is -2.31. The number of fused-ring (bicyclic) bond motifs is 3. The van der Waals surface area contributed by atoms with Crippen LogP contribution < -0.4 is 18.9 Å². The quantitative estimate of drug-likeness (QED) is 0.0267. The van der Waals surface area contributed by atoms with E-state index in [9.17, 15) is 24.0 Å². The van der Waals surface area contributed by atoms with Gasteiger partial charge in [-0.05, 0) is 109 Å². The van der Waals surface area contributed by atoms with Gasteiger partial charge < -0.3 is 28.4 Å². The molecule has 1 aliphatic carbocycles. The van der Waals surface area contributed by atoms with Crippen molar-refractivity contribution in [3.8, 4) is 23.0 Å². The summed E-state index contributed by atoms with van der Waals surface area (Å²) in [7, 11) is 0. The van der Waals surface area contributed by atoms with Crippen molar-refractivity contribution in [2.45, 2.75) is 50.4 Å². The van der Waals surface area contributed by atoms with Gasteiger partial charge in [0.1, 0.15) is 23.0 Å². The summed E-state index contributed by atoms with van der Waals surface area (Å²) in [5.74, 6) is -2.42. The molecule has 7 rings (SSSR count). The number of cyclic esters (lactones) is 4. The highest BCUT2D eigenvalue weighted by atomic mass is 16.7. The van der Waals surface area contributed by atoms with Crippen LogP contribution in [0.25, 0.3) is 6.08 Å². The molecule has 2 saturated heterocycles. The third-order valence-electron chi connectivity index (χ3n) is 10.1. The maximum atomic E-state index is 12.6. The first-order valence-corrected chi connectivity index (χ1v) is 18.4. The zero-order valence-corrected chi connectivity index (χ0v) is 30.1. The third-order valence-corrected chi connectivity index (χ3v) is 10.1. The number of allylic oxidation sites excluding steroid dienone is 1. The fraction of sp³-hybridized carbons (Fsp3) is 0.295. The van der Waals surface area contributed by atoms with Crippen molar-refractivity contribution in [2.24, 2.45) is 11.8 Å². The summed E-state index contributed by atoms with van der Waals surface area (Å²) in [5, 5.41) is 0. The Bertz CT molecular complexity index is 2050. The molecule has 3 aliphatic rings. The van der Waals surface area contributed by atoms with Crippen molar-refractivity contribution in [1.29, 1.82) is 0 Å². The van der Waals surface area contributed by atoms with E-state index in [-0.39, 0.29) is 25.4 Å². The van der Waals surface area contributed by atoms with Gasteiger partial charge in [0, 0.05) is 5.56 Å². The van der Waals surface area contributed by atoms with Crippen LogP contribution in [0.3, 0.4) is 0 Å². The van der Waals surface area contributed by atoms with Crippen LogP contribution >= 0.6 is 0 Å². The summed E-state index contributed by atoms with van der Waals surface area (Å²) >= 11 is 0. The molecule has 4 aromatic rings. The second-order valence-electron chi connectivity index (χ2n) is 13.7.